The summed E-state index contributed by atoms with van der Waals surface area (Å²) < 4.78 is 1.77. The molecule has 94 valence electrons. The van der Waals surface area contributed by atoms with Crippen molar-refractivity contribution in [2.75, 3.05) is 0 Å². The minimum absolute atomic E-state index is 0.186. The molecule has 2 rings (SSSR count). The number of benzene rings is 1. The predicted molar refractivity (Wildman–Crippen MR) is 70.5 cm³/mol. The third-order valence-electron chi connectivity index (χ3n) is 2.35. The number of hydrogen-bond donors (Lipinski definition) is 1. The fourth-order valence-corrected chi connectivity index (χ4v) is 2.73. The Morgan fingerprint density at radius 2 is 2.17 bits per heavy atom. The van der Waals surface area contributed by atoms with Crippen LogP contribution in [-0.2, 0) is 7.05 Å². The average molecular weight is 283 g/mol. The van der Waals surface area contributed by atoms with Crippen LogP contribution in [0, 0.1) is 6.92 Å². The van der Waals surface area contributed by atoms with Gasteiger partial charge in [0.05, 0.1) is 21.3 Å². The second-order valence-electron chi connectivity index (χ2n) is 3.80. The number of nitrogens with zero attached hydrogens (tertiary/aromatic N) is 2. The molecule has 0 aliphatic heterocycles. The first-order valence-electron chi connectivity index (χ1n) is 5.18. The van der Waals surface area contributed by atoms with E-state index >= 15 is 0 Å². The highest BCUT2D eigenvalue weighted by Crippen LogP contribution is 2.33. The average Bonchev–Trinajstić information content (AvgIpc) is 2.60. The monoisotopic (exact) mass is 282 g/mol. The molecule has 0 amide bonds. The van der Waals surface area contributed by atoms with Crippen LogP contribution < -0.4 is 0 Å². The maximum absolute atomic E-state index is 10.8. The van der Waals surface area contributed by atoms with E-state index in [1.807, 2.05) is 20.0 Å². The highest BCUT2D eigenvalue weighted by molar-refractivity contribution is 7.99. The zero-order valence-electron chi connectivity index (χ0n) is 9.85. The largest absolute Gasteiger partial charge is 0.478 e. The molecule has 0 radical (unpaired) electrons. The van der Waals surface area contributed by atoms with E-state index in [1.54, 1.807) is 16.8 Å². The molecule has 1 aromatic carbocycles. The smallest absolute Gasteiger partial charge is 0.335 e. The van der Waals surface area contributed by atoms with Gasteiger partial charge in [0.15, 0.2) is 0 Å². The standard InChI is InChI=1S/C12H11ClN2O2S/c1-7-5-11(15(2)14-7)18-10-4-3-8(12(16)17)6-9(10)13/h3-6H,1-2H3,(H,16,17). The Balaban J connectivity index is 2.30. The van der Waals surface area contributed by atoms with Crippen molar-refractivity contribution in [3.63, 3.8) is 0 Å². The molecule has 4 nitrogen and oxygen atoms in total. The van der Waals surface area contributed by atoms with Gasteiger partial charge < -0.3 is 5.11 Å². The van der Waals surface area contributed by atoms with Gasteiger partial charge in [-0.1, -0.05) is 23.4 Å². The lowest BCUT2D eigenvalue weighted by molar-refractivity contribution is 0.0697. The molecule has 0 saturated heterocycles. The Morgan fingerprint density at radius 1 is 1.44 bits per heavy atom. The van der Waals surface area contributed by atoms with E-state index in [0.29, 0.717) is 5.02 Å². The Morgan fingerprint density at radius 3 is 2.67 bits per heavy atom. The molecular weight excluding hydrogens is 272 g/mol. The number of carboxylic acid groups (broad SMARTS) is 1. The van der Waals surface area contributed by atoms with E-state index in [4.69, 9.17) is 16.7 Å². The molecule has 0 bridgehead atoms. The first kappa shape index (κ1) is 13.0. The molecule has 2 aromatic rings. The Labute approximate surface area is 114 Å². The summed E-state index contributed by atoms with van der Waals surface area (Å²) in [4.78, 5) is 11.6. The quantitative estimate of drug-likeness (QED) is 0.939. The van der Waals surface area contributed by atoms with Gasteiger partial charge in [0, 0.05) is 11.9 Å². The van der Waals surface area contributed by atoms with Crippen molar-refractivity contribution in [2.24, 2.45) is 7.05 Å². The molecule has 0 saturated carbocycles. The molecule has 0 spiro atoms. The molecule has 0 atom stereocenters. The van der Waals surface area contributed by atoms with E-state index in [2.05, 4.69) is 5.10 Å². The number of aromatic carboxylic acids is 1. The minimum Gasteiger partial charge on any atom is -0.478 e. The number of carbonyl (C=O) groups is 1. The maximum atomic E-state index is 10.8. The van der Waals surface area contributed by atoms with E-state index in [1.165, 1.54) is 17.8 Å². The Hall–Kier alpha value is -1.46. The summed E-state index contributed by atoms with van der Waals surface area (Å²) >= 11 is 7.53. The first-order chi connectivity index (χ1) is 8.47. The van der Waals surface area contributed by atoms with Crippen LogP contribution in [-0.4, -0.2) is 20.9 Å². The van der Waals surface area contributed by atoms with Crippen molar-refractivity contribution in [1.82, 2.24) is 9.78 Å². The van der Waals surface area contributed by atoms with Crippen molar-refractivity contribution >= 4 is 29.3 Å². The van der Waals surface area contributed by atoms with Gasteiger partial charge in [0.25, 0.3) is 0 Å². The topological polar surface area (TPSA) is 55.1 Å². The number of hydrogen-bond acceptors (Lipinski definition) is 3. The number of rotatable bonds is 3. The van der Waals surface area contributed by atoms with Gasteiger partial charge in [0.1, 0.15) is 0 Å². The Bertz CT molecular complexity index is 610. The van der Waals surface area contributed by atoms with Crippen molar-refractivity contribution < 1.29 is 9.90 Å². The van der Waals surface area contributed by atoms with Crippen LogP contribution in [0.5, 0.6) is 0 Å². The van der Waals surface area contributed by atoms with Crippen LogP contribution >= 0.6 is 23.4 Å². The zero-order chi connectivity index (χ0) is 13.3. The summed E-state index contributed by atoms with van der Waals surface area (Å²) in [7, 11) is 1.86. The van der Waals surface area contributed by atoms with E-state index in [9.17, 15) is 4.79 Å². The van der Waals surface area contributed by atoms with Crippen molar-refractivity contribution in [2.45, 2.75) is 16.8 Å². The van der Waals surface area contributed by atoms with E-state index in [0.717, 1.165) is 15.6 Å². The lowest BCUT2D eigenvalue weighted by Gasteiger charge is -2.05. The highest BCUT2D eigenvalue weighted by Gasteiger charge is 2.10. The highest BCUT2D eigenvalue weighted by atomic mass is 35.5. The van der Waals surface area contributed by atoms with Crippen LogP contribution in [0.15, 0.2) is 34.2 Å². The molecule has 1 N–H and O–H groups in total. The van der Waals surface area contributed by atoms with Crippen molar-refractivity contribution in [3.8, 4) is 0 Å². The molecular formula is C12H11ClN2O2S. The van der Waals surface area contributed by atoms with Crippen LogP contribution in [0.1, 0.15) is 16.1 Å². The van der Waals surface area contributed by atoms with Gasteiger partial charge in [-0.3, -0.25) is 4.68 Å². The first-order valence-corrected chi connectivity index (χ1v) is 6.38. The summed E-state index contributed by atoms with van der Waals surface area (Å²) in [5, 5.41) is 14.5. The molecule has 0 aliphatic rings. The third kappa shape index (κ3) is 2.68. The fraction of sp³-hybridized carbons (Fsp3) is 0.167. The molecule has 0 fully saturated rings. The number of carboxylic acids is 1. The summed E-state index contributed by atoms with van der Waals surface area (Å²) in [5.41, 5.74) is 1.11. The van der Waals surface area contributed by atoms with Crippen LogP contribution in [0.3, 0.4) is 0 Å². The second-order valence-corrected chi connectivity index (χ2v) is 5.27. The fourth-order valence-electron chi connectivity index (χ4n) is 1.51. The molecule has 1 aromatic heterocycles. The maximum Gasteiger partial charge on any atom is 0.335 e. The van der Waals surface area contributed by atoms with Crippen LogP contribution in [0.25, 0.3) is 0 Å². The van der Waals surface area contributed by atoms with E-state index < -0.39 is 5.97 Å². The van der Waals surface area contributed by atoms with Gasteiger partial charge in [-0.2, -0.15) is 5.10 Å². The van der Waals surface area contributed by atoms with E-state index in [-0.39, 0.29) is 5.56 Å². The lowest BCUT2D eigenvalue weighted by Crippen LogP contribution is -1.96. The molecule has 1 heterocycles. The number of aromatic nitrogens is 2. The van der Waals surface area contributed by atoms with Gasteiger partial charge >= 0.3 is 5.97 Å². The number of halogens is 1. The second kappa shape index (κ2) is 5.04. The van der Waals surface area contributed by atoms with Gasteiger partial charge in [0.2, 0.25) is 0 Å². The normalized spacial score (nSPS) is 10.6. The summed E-state index contributed by atoms with van der Waals surface area (Å²) in [5.74, 6) is -0.982. The number of aryl methyl sites for hydroxylation is 2. The van der Waals surface area contributed by atoms with Crippen LogP contribution in [0.2, 0.25) is 5.02 Å². The van der Waals surface area contributed by atoms with Gasteiger partial charge in [-0.15, -0.1) is 0 Å². The van der Waals surface area contributed by atoms with Crippen molar-refractivity contribution in [3.05, 3.63) is 40.5 Å². The molecule has 0 unspecified atom stereocenters. The predicted octanol–water partition coefficient (Wildman–Crippen LogP) is 3.23. The molecule has 0 aliphatic carbocycles. The summed E-state index contributed by atoms with van der Waals surface area (Å²) in [6.07, 6.45) is 0. The summed E-state index contributed by atoms with van der Waals surface area (Å²) in [6, 6.07) is 6.65. The molecule has 18 heavy (non-hydrogen) atoms. The van der Waals surface area contributed by atoms with Gasteiger partial charge in [-0.05, 0) is 31.2 Å². The third-order valence-corrected chi connectivity index (χ3v) is 3.94. The Kier molecular flexibility index (Phi) is 3.63. The molecule has 6 heteroatoms. The zero-order valence-corrected chi connectivity index (χ0v) is 11.4. The van der Waals surface area contributed by atoms with Crippen LogP contribution in [0.4, 0.5) is 0 Å². The summed E-state index contributed by atoms with van der Waals surface area (Å²) in [6.45, 7) is 1.92. The minimum atomic E-state index is -0.982. The lowest BCUT2D eigenvalue weighted by atomic mass is 10.2. The SMILES string of the molecule is Cc1cc(Sc2ccc(C(=O)O)cc2Cl)n(C)n1. The van der Waals surface area contributed by atoms with Crippen molar-refractivity contribution in [1.29, 1.82) is 0 Å². The van der Waals surface area contributed by atoms with Gasteiger partial charge in [-0.25, -0.2) is 4.79 Å².